The number of sulfonamides is 1. The first-order valence-electron chi connectivity index (χ1n) is 7.16. The van der Waals surface area contributed by atoms with Crippen LogP contribution >= 0.6 is 0 Å². The van der Waals surface area contributed by atoms with E-state index in [-0.39, 0.29) is 5.92 Å². The van der Waals surface area contributed by atoms with Crippen LogP contribution in [0.3, 0.4) is 0 Å². The smallest absolute Gasteiger partial charge is 0.240 e. The molecule has 1 aromatic rings. The topological polar surface area (TPSA) is 67.4 Å². The Hall–Kier alpha value is -0.950. The lowest BCUT2D eigenvalue weighted by Gasteiger charge is -2.15. The van der Waals surface area contributed by atoms with Crippen molar-refractivity contribution in [2.24, 2.45) is 5.92 Å². The largest absolute Gasteiger partial charge is 0.384 e. The zero-order valence-corrected chi connectivity index (χ0v) is 14.0. The molecule has 5 nitrogen and oxygen atoms in total. The van der Waals surface area contributed by atoms with Crippen molar-refractivity contribution < 1.29 is 13.2 Å². The van der Waals surface area contributed by atoms with Gasteiger partial charge in [0.25, 0.3) is 0 Å². The van der Waals surface area contributed by atoms with Gasteiger partial charge in [-0.1, -0.05) is 39.0 Å². The number of rotatable bonds is 9. The van der Waals surface area contributed by atoms with Crippen LogP contribution in [0.15, 0.2) is 29.2 Å². The summed E-state index contributed by atoms with van der Waals surface area (Å²) in [6.07, 6.45) is 0. The fourth-order valence-electron chi connectivity index (χ4n) is 1.90. The van der Waals surface area contributed by atoms with Crippen LogP contribution in [0.1, 0.15) is 26.3 Å². The van der Waals surface area contributed by atoms with E-state index >= 15 is 0 Å². The van der Waals surface area contributed by atoms with Crippen molar-refractivity contribution >= 4 is 10.0 Å². The summed E-state index contributed by atoms with van der Waals surface area (Å²) in [5.41, 5.74) is 0.776. The minimum atomic E-state index is -3.50. The van der Waals surface area contributed by atoms with E-state index in [2.05, 4.69) is 10.0 Å². The summed E-state index contributed by atoms with van der Waals surface area (Å²) in [6, 6.07) is 7.37. The molecule has 2 N–H and O–H groups in total. The Morgan fingerprint density at radius 2 is 1.86 bits per heavy atom. The molecule has 0 saturated heterocycles. The second-order valence-electron chi connectivity index (χ2n) is 5.56. The third-order valence-corrected chi connectivity index (χ3v) is 4.56. The molecule has 0 aliphatic heterocycles. The second kappa shape index (κ2) is 8.48. The Morgan fingerprint density at radius 1 is 1.19 bits per heavy atom. The molecule has 1 aromatic carbocycles. The molecule has 0 aliphatic rings. The molecule has 0 spiro atoms. The Kier molecular flexibility index (Phi) is 7.31. The predicted molar refractivity (Wildman–Crippen MR) is 84.6 cm³/mol. The van der Waals surface area contributed by atoms with E-state index in [1.807, 2.05) is 32.9 Å². The van der Waals surface area contributed by atoms with Gasteiger partial charge in [-0.15, -0.1) is 0 Å². The monoisotopic (exact) mass is 314 g/mol. The van der Waals surface area contributed by atoms with Gasteiger partial charge in [0, 0.05) is 32.8 Å². The summed E-state index contributed by atoms with van der Waals surface area (Å²) in [7, 11) is -1.89. The Bertz CT molecular complexity index is 529. The maximum absolute atomic E-state index is 12.4. The van der Waals surface area contributed by atoms with Crippen molar-refractivity contribution in [2.75, 3.05) is 20.3 Å². The molecule has 0 saturated carbocycles. The maximum atomic E-state index is 12.4. The first-order chi connectivity index (χ1) is 9.86. The number of hydrogen-bond donors (Lipinski definition) is 2. The molecule has 0 radical (unpaired) electrons. The van der Waals surface area contributed by atoms with Crippen LogP contribution in [0.5, 0.6) is 0 Å². The minimum Gasteiger partial charge on any atom is -0.384 e. The van der Waals surface area contributed by atoms with Crippen molar-refractivity contribution in [2.45, 2.75) is 38.3 Å². The third kappa shape index (κ3) is 6.13. The Balaban J connectivity index is 2.82. The van der Waals surface area contributed by atoms with Crippen molar-refractivity contribution in [3.05, 3.63) is 29.8 Å². The number of benzene rings is 1. The lowest BCUT2D eigenvalue weighted by Crippen LogP contribution is -2.31. The molecule has 0 fully saturated rings. The molecule has 1 unspecified atom stereocenters. The molecule has 0 heterocycles. The van der Waals surface area contributed by atoms with Crippen LogP contribution < -0.4 is 10.0 Å². The lowest BCUT2D eigenvalue weighted by atomic mass is 10.2. The van der Waals surface area contributed by atoms with Gasteiger partial charge < -0.3 is 10.1 Å². The summed E-state index contributed by atoms with van der Waals surface area (Å²) >= 11 is 0. The third-order valence-electron chi connectivity index (χ3n) is 3.04. The van der Waals surface area contributed by atoms with Crippen LogP contribution in [0.25, 0.3) is 0 Å². The van der Waals surface area contributed by atoms with Crippen molar-refractivity contribution in [3.63, 3.8) is 0 Å². The van der Waals surface area contributed by atoms with Gasteiger partial charge in [0.1, 0.15) is 0 Å². The molecule has 21 heavy (non-hydrogen) atoms. The highest BCUT2D eigenvalue weighted by Crippen LogP contribution is 2.15. The molecular weight excluding hydrogens is 288 g/mol. The number of nitrogens with one attached hydrogen (secondary N) is 2. The van der Waals surface area contributed by atoms with Gasteiger partial charge in [0.15, 0.2) is 0 Å². The summed E-state index contributed by atoms with van der Waals surface area (Å²) in [6.45, 7) is 7.42. The molecule has 0 aromatic heterocycles. The van der Waals surface area contributed by atoms with E-state index in [0.717, 1.165) is 5.56 Å². The van der Waals surface area contributed by atoms with E-state index in [1.165, 1.54) is 0 Å². The second-order valence-corrected chi connectivity index (χ2v) is 7.29. The summed E-state index contributed by atoms with van der Waals surface area (Å²) < 4.78 is 32.5. The molecule has 0 amide bonds. The fraction of sp³-hybridized carbons (Fsp3) is 0.600. The zero-order valence-electron chi connectivity index (χ0n) is 13.2. The molecular formula is C15H26N2O3S. The molecule has 120 valence electrons. The summed E-state index contributed by atoms with van der Waals surface area (Å²) in [4.78, 5) is 0.336. The van der Waals surface area contributed by atoms with E-state index in [4.69, 9.17) is 4.74 Å². The quantitative estimate of drug-likeness (QED) is 0.729. The fourth-order valence-corrected chi connectivity index (χ4v) is 3.30. The van der Waals surface area contributed by atoms with Gasteiger partial charge in [0.2, 0.25) is 10.0 Å². The normalized spacial score (nSPS) is 13.6. The maximum Gasteiger partial charge on any atom is 0.240 e. The van der Waals surface area contributed by atoms with Gasteiger partial charge in [-0.2, -0.15) is 0 Å². The van der Waals surface area contributed by atoms with Crippen LogP contribution in [0.4, 0.5) is 0 Å². The standard InChI is InChI=1S/C15H26N2O3S/c1-12(2)16-10-14-7-5-6-8-15(14)21(18,19)17-9-13(3)11-20-4/h5-8,12-13,16-17H,9-11H2,1-4H3. The SMILES string of the molecule is COCC(C)CNS(=O)(=O)c1ccccc1CNC(C)C. The van der Waals surface area contributed by atoms with E-state index in [9.17, 15) is 8.42 Å². The van der Waals surface area contributed by atoms with Gasteiger partial charge in [-0.25, -0.2) is 13.1 Å². The number of methoxy groups -OCH3 is 1. The molecule has 6 heteroatoms. The highest BCUT2D eigenvalue weighted by Gasteiger charge is 2.18. The van der Waals surface area contributed by atoms with Crippen LogP contribution in [0.2, 0.25) is 0 Å². The van der Waals surface area contributed by atoms with Crippen LogP contribution in [-0.4, -0.2) is 34.7 Å². The molecule has 1 atom stereocenters. The number of ether oxygens (including phenoxy) is 1. The zero-order chi connectivity index (χ0) is 15.9. The van der Waals surface area contributed by atoms with E-state index < -0.39 is 10.0 Å². The van der Waals surface area contributed by atoms with Crippen molar-refractivity contribution in [1.29, 1.82) is 0 Å². The van der Waals surface area contributed by atoms with Crippen molar-refractivity contribution in [1.82, 2.24) is 10.0 Å². The summed E-state index contributed by atoms with van der Waals surface area (Å²) in [5, 5.41) is 3.25. The molecule has 1 rings (SSSR count). The van der Waals surface area contributed by atoms with Gasteiger partial charge in [-0.3, -0.25) is 0 Å². The summed E-state index contributed by atoms with van der Waals surface area (Å²) in [5.74, 6) is 0.130. The van der Waals surface area contributed by atoms with Crippen molar-refractivity contribution in [3.8, 4) is 0 Å². The Labute approximate surface area is 128 Å². The molecule has 0 bridgehead atoms. The van der Waals surface area contributed by atoms with Crippen LogP contribution in [-0.2, 0) is 21.3 Å². The number of hydrogen-bond acceptors (Lipinski definition) is 4. The van der Waals surface area contributed by atoms with E-state index in [1.54, 1.807) is 19.2 Å². The van der Waals surface area contributed by atoms with Gasteiger partial charge in [-0.05, 0) is 17.5 Å². The average molecular weight is 314 g/mol. The average Bonchev–Trinajstić information content (AvgIpc) is 2.44. The predicted octanol–water partition coefficient (Wildman–Crippen LogP) is 1.75. The van der Waals surface area contributed by atoms with E-state index in [0.29, 0.717) is 30.6 Å². The Morgan fingerprint density at radius 3 is 2.48 bits per heavy atom. The van der Waals surface area contributed by atoms with Gasteiger partial charge >= 0.3 is 0 Å². The first kappa shape index (κ1) is 18.1. The van der Waals surface area contributed by atoms with Crippen LogP contribution in [0, 0.1) is 5.92 Å². The first-order valence-corrected chi connectivity index (χ1v) is 8.65. The lowest BCUT2D eigenvalue weighted by molar-refractivity contribution is 0.161. The highest BCUT2D eigenvalue weighted by molar-refractivity contribution is 7.89. The molecule has 0 aliphatic carbocycles. The van der Waals surface area contributed by atoms with Gasteiger partial charge in [0.05, 0.1) is 4.90 Å². The minimum absolute atomic E-state index is 0.130. The highest BCUT2D eigenvalue weighted by atomic mass is 32.2.